The SMILES string of the molecule is CC(C)C(=O)Nc1cc(C(=O)Nc2cnccc2N2CCC(F)(F)CC2)c(F)cn1. The second-order valence-electron chi connectivity index (χ2n) is 7.38. The molecule has 30 heavy (non-hydrogen) atoms. The highest BCUT2D eigenvalue weighted by atomic mass is 19.3. The number of halogens is 3. The van der Waals surface area contributed by atoms with Crippen molar-refractivity contribution in [2.75, 3.05) is 28.6 Å². The lowest BCUT2D eigenvalue weighted by Crippen LogP contribution is -2.39. The Hall–Kier alpha value is -3.17. The van der Waals surface area contributed by atoms with Crippen molar-refractivity contribution in [3.05, 3.63) is 42.1 Å². The number of amides is 2. The molecule has 1 saturated heterocycles. The number of piperidine rings is 1. The molecule has 0 radical (unpaired) electrons. The first-order valence-electron chi connectivity index (χ1n) is 9.51. The van der Waals surface area contributed by atoms with E-state index in [0.29, 0.717) is 5.69 Å². The predicted molar refractivity (Wildman–Crippen MR) is 106 cm³/mol. The second kappa shape index (κ2) is 8.68. The van der Waals surface area contributed by atoms with Gasteiger partial charge in [0.2, 0.25) is 5.91 Å². The molecule has 3 heterocycles. The third kappa shape index (κ3) is 5.05. The summed E-state index contributed by atoms with van der Waals surface area (Å²) in [4.78, 5) is 34.0. The van der Waals surface area contributed by atoms with Gasteiger partial charge in [-0.05, 0) is 12.1 Å². The lowest BCUT2D eigenvalue weighted by Gasteiger charge is -2.34. The maximum absolute atomic E-state index is 14.2. The van der Waals surface area contributed by atoms with Crippen molar-refractivity contribution in [2.45, 2.75) is 32.6 Å². The highest BCUT2D eigenvalue weighted by Gasteiger charge is 2.34. The van der Waals surface area contributed by atoms with Crippen molar-refractivity contribution < 1.29 is 22.8 Å². The van der Waals surface area contributed by atoms with Gasteiger partial charge in [-0.2, -0.15) is 0 Å². The number of carbonyl (C=O) groups is 2. The molecule has 0 bridgehead atoms. The Labute approximate surface area is 171 Å². The van der Waals surface area contributed by atoms with E-state index in [2.05, 4.69) is 20.6 Å². The third-order valence-corrected chi connectivity index (χ3v) is 4.76. The Morgan fingerprint density at radius 2 is 1.87 bits per heavy atom. The first kappa shape index (κ1) is 21.5. The van der Waals surface area contributed by atoms with E-state index in [1.54, 1.807) is 24.8 Å². The Balaban J connectivity index is 1.79. The average molecular weight is 421 g/mol. The Bertz CT molecular complexity index is 942. The van der Waals surface area contributed by atoms with Crippen LogP contribution in [0.2, 0.25) is 0 Å². The van der Waals surface area contributed by atoms with Gasteiger partial charge < -0.3 is 15.5 Å². The van der Waals surface area contributed by atoms with E-state index < -0.39 is 17.6 Å². The van der Waals surface area contributed by atoms with Gasteiger partial charge in [0, 0.05) is 38.0 Å². The average Bonchev–Trinajstić information content (AvgIpc) is 2.70. The van der Waals surface area contributed by atoms with Gasteiger partial charge >= 0.3 is 0 Å². The minimum Gasteiger partial charge on any atom is -0.369 e. The molecule has 0 atom stereocenters. The van der Waals surface area contributed by atoms with Crippen molar-refractivity contribution in [1.29, 1.82) is 0 Å². The van der Waals surface area contributed by atoms with Crippen LogP contribution in [0, 0.1) is 11.7 Å². The standard InChI is InChI=1S/C20H22F3N5O2/c1-12(2)18(29)27-17-9-13(14(21)10-25-17)19(30)26-15-11-24-6-3-16(15)28-7-4-20(22,23)5-8-28/h3,6,9-12H,4-5,7-8H2,1-2H3,(H,26,30)(H,25,27,29). The van der Waals surface area contributed by atoms with Crippen LogP contribution in [0.5, 0.6) is 0 Å². The molecule has 3 rings (SSSR count). The van der Waals surface area contributed by atoms with Crippen LogP contribution in [0.4, 0.5) is 30.4 Å². The van der Waals surface area contributed by atoms with Crippen molar-refractivity contribution in [2.24, 2.45) is 5.92 Å². The molecule has 7 nitrogen and oxygen atoms in total. The highest BCUT2D eigenvalue weighted by Crippen LogP contribution is 2.33. The topological polar surface area (TPSA) is 87.2 Å². The zero-order valence-electron chi connectivity index (χ0n) is 16.6. The predicted octanol–water partition coefficient (Wildman–Crippen LogP) is 3.70. The number of nitrogens with one attached hydrogen (secondary N) is 2. The van der Waals surface area contributed by atoms with Gasteiger partial charge in [-0.3, -0.25) is 14.6 Å². The zero-order chi connectivity index (χ0) is 21.9. The van der Waals surface area contributed by atoms with E-state index >= 15 is 0 Å². The van der Waals surface area contributed by atoms with Gasteiger partial charge in [-0.1, -0.05) is 13.8 Å². The molecule has 0 aliphatic carbocycles. The molecule has 2 N–H and O–H groups in total. The summed E-state index contributed by atoms with van der Waals surface area (Å²) < 4.78 is 41.1. The van der Waals surface area contributed by atoms with E-state index in [-0.39, 0.29) is 54.8 Å². The first-order chi connectivity index (χ1) is 14.2. The number of rotatable bonds is 5. The molecule has 2 aromatic heterocycles. The smallest absolute Gasteiger partial charge is 0.258 e. The van der Waals surface area contributed by atoms with Crippen LogP contribution in [0.15, 0.2) is 30.7 Å². The molecule has 1 aliphatic rings. The van der Waals surface area contributed by atoms with E-state index in [4.69, 9.17) is 0 Å². The maximum Gasteiger partial charge on any atom is 0.258 e. The van der Waals surface area contributed by atoms with Gasteiger partial charge in [0.25, 0.3) is 11.8 Å². The summed E-state index contributed by atoms with van der Waals surface area (Å²) in [6.45, 7) is 3.61. The number of nitrogens with zero attached hydrogens (tertiary/aromatic N) is 3. The summed E-state index contributed by atoms with van der Waals surface area (Å²) >= 11 is 0. The highest BCUT2D eigenvalue weighted by molar-refractivity contribution is 6.06. The molecule has 0 spiro atoms. The van der Waals surface area contributed by atoms with Crippen molar-refractivity contribution in [1.82, 2.24) is 9.97 Å². The third-order valence-electron chi connectivity index (χ3n) is 4.76. The summed E-state index contributed by atoms with van der Waals surface area (Å²) in [7, 11) is 0. The number of alkyl halides is 2. The molecule has 2 amide bonds. The molecule has 1 fully saturated rings. The summed E-state index contributed by atoms with van der Waals surface area (Å²) in [5.74, 6) is -4.93. The van der Waals surface area contributed by atoms with Gasteiger partial charge in [-0.25, -0.2) is 18.2 Å². The fraction of sp³-hybridized carbons (Fsp3) is 0.400. The van der Waals surface area contributed by atoms with Gasteiger partial charge in [0.15, 0.2) is 5.82 Å². The van der Waals surface area contributed by atoms with E-state index in [0.717, 1.165) is 12.3 Å². The fourth-order valence-electron chi connectivity index (χ4n) is 2.98. The lowest BCUT2D eigenvalue weighted by atomic mass is 10.1. The number of hydrogen-bond acceptors (Lipinski definition) is 5. The van der Waals surface area contributed by atoms with E-state index in [1.807, 2.05) is 0 Å². The van der Waals surface area contributed by atoms with E-state index in [1.165, 1.54) is 12.4 Å². The zero-order valence-corrected chi connectivity index (χ0v) is 16.6. The number of carbonyl (C=O) groups excluding carboxylic acids is 2. The minimum atomic E-state index is -2.70. The Morgan fingerprint density at radius 1 is 1.17 bits per heavy atom. The summed E-state index contributed by atoms with van der Waals surface area (Å²) in [5.41, 5.74) is 0.484. The van der Waals surface area contributed by atoms with E-state index in [9.17, 15) is 22.8 Å². The first-order valence-corrected chi connectivity index (χ1v) is 9.51. The molecule has 0 aromatic carbocycles. The monoisotopic (exact) mass is 421 g/mol. The largest absolute Gasteiger partial charge is 0.369 e. The number of aromatic nitrogens is 2. The van der Waals surface area contributed by atoms with Crippen LogP contribution in [-0.4, -0.2) is 40.8 Å². The van der Waals surface area contributed by atoms with Gasteiger partial charge in [-0.15, -0.1) is 0 Å². The van der Waals surface area contributed by atoms with Crippen LogP contribution in [-0.2, 0) is 4.79 Å². The normalized spacial score (nSPS) is 15.7. The van der Waals surface area contributed by atoms with Crippen LogP contribution in [0.1, 0.15) is 37.0 Å². The van der Waals surface area contributed by atoms with Gasteiger partial charge in [0.05, 0.1) is 29.3 Å². The Morgan fingerprint density at radius 3 is 2.53 bits per heavy atom. The van der Waals surface area contributed by atoms with Crippen LogP contribution in [0.25, 0.3) is 0 Å². The van der Waals surface area contributed by atoms with Crippen LogP contribution < -0.4 is 15.5 Å². The maximum atomic E-state index is 14.2. The van der Waals surface area contributed by atoms with Crippen molar-refractivity contribution in [3.8, 4) is 0 Å². The molecular formula is C20H22F3N5O2. The Kier molecular flexibility index (Phi) is 6.23. The van der Waals surface area contributed by atoms with Crippen molar-refractivity contribution >= 4 is 29.0 Å². The molecule has 10 heteroatoms. The van der Waals surface area contributed by atoms with Crippen molar-refractivity contribution in [3.63, 3.8) is 0 Å². The quantitative estimate of drug-likeness (QED) is 0.769. The summed E-state index contributed by atoms with van der Waals surface area (Å²) in [6.07, 6.45) is 3.13. The number of hydrogen-bond donors (Lipinski definition) is 2. The molecular weight excluding hydrogens is 399 g/mol. The molecule has 2 aromatic rings. The number of anilines is 3. The molecule has 0 unspecified atom stereocenters. The molecule has 1 aliphatic heterocycles. The van der Waals surface area contributed by atoms with Crippen LogP contribution >= 0.6 is 0 Å². The fourth-order valence-corrected chi connectivity index (χ4v) is 2.98. The van der Waals surface area contributed by atoms with Gasteiger partial charge in [0.1, 0.15) is 5.82 Å². The summed E-state index contributed by atoms with van der Waals surface area (Å²) in [5, 5.41) is 5.09. The number of pyridine rings is 2. The lowest BCUT2D eigenvalue weighted by molar-refractivity contribution is -0.118. The second-order valence-corrected chi connectivity index (χ2v) is 7.38. The minimum absolute atomic E-state index is 0.0462. The van der Waals surface area contributed by atoms with Crippen LogP contribution in [0.3, 0.4) is 0 Å². The summed E-state index contributed by atoms with van der Waals surface area (Å²) in [6, 6.07) is 2.75. The molecule has 0 saturated carbocycles. The molecule has 160 valence electrons.